The zero-order chi connectivity index (χ0) is 24.0. The van der Waals surface area contributed by atoms with Crippen LogP contribution in [-0.4, -0.2) is 47.7 Å². The Morgan fingerprint density at radius 3 is 2.55 bits per heavy atom. The summed E-state index contributed by atoms with van der Waals surface area (Å²) in [5.41, 5.74) is 0.826. The molecule has 0 atom stereocenters. The number of amides is 2. The Labute approximate surface area is 199 Å². The Morgan fingerprint density at radius 1 is 1.06 bits per heavy atom. The first kappa shape index (κ1) is 24.3. The number of halogens is 1. The lowest BCUT2D eigenvalue weighted by Crippen LogP contribution is -2.34. The van der Waals surface area contributed by atoms with E-state index in [9.17, 15) is 19.2 Å². The number of imide groups is 1. The lowest BCUT2D eigenvalue weighted by atomic mass is 10.1. The van der Waals surface area contributed by atoms with Gasteiger partial charge in [-0.3, -0.25) is 19.3 Å². The smallest absolute Gasteiger partial charge is 0.343 e. The van der Waals surface area contributed by atoms with Gasteiger partial charge in [0.05, 0.1) is 23.7 Å². The summed E-state index contributed by atoms with van der Waals surface area (Å²) in [5.74, 6) is -1.38. The SMILES string of the molecule is CCOC(=O)CN1C(=O)S/C(=C\c2ccc(OC(=O)c3cccc(Cl)c3)c(OCC)c2)C1=O. The Balaban J connectivity index is 1.80. The van der Waals surface area contributed by atoms with Gasteiger partial charge in [0.25, 0.3) is 11.1 Å². The maximum Gasteiger partial charge on any atom is 0.343 e. The third kappa shape index (κ3) is 6.15. The van der Waals surface area contributed by atoms with E-state index in [-0.39, 0.29) is 28.6 Å². The second-order valence-electron chi connectivity index (χ2n) is 6.61. The first-order valence-electron chi connectivity index (χ1n) is 9.98. The lowest BCUT2D eigenvalue weighted by Gasteiger charge is -2.12. The molecule has 1 heterocycles. The lowest BCUT2D eigenvalue weighted by molar-refractivity contribution is -0.145. The molecular formula is C23H20ClNO7S. The van der Waals surface area contributed by atoms with E-state index in [4.69, 9.17) is 25.8 Å². The Hall–Kier alpha value is -3.30. The van der Waals surface area contributed by atoms with Gasteiger partial charge >= 0.3 is 11.9 Å². The average Bonchev–Trinajstić information content (AvgIpc) is 3.03. The molecule has 33 heavy (non-hydrogen) atoms. The largest absolute Gasteiger partial charge is 0.490 e. The van der Waals surface area contributed by atoms with Crippen molar-refractivity contribution in [2.24, 2.45) is 0 Å². The molecule has 8 nitrogen and oxygen atoms in total. The van der Waals surface area contributed by atoms with Crippen LogP contribution in [0.15, 0.2) is 47.4 Å². The molecule has 0 radical (unpaired) electrons. The molecule has 10 heteroatoms. The first-order chi connectivity index (χ1) is 15.8. The summed E-state index contributed by atoms with van der Waals surface area (Å²) in [6.45, 7) is 3.42. The monoisotopic (exact) mass is 489 g/mol. The second kappa shape index (κ2) is 11.0. The summed E-state index contributed by atoms with van der Waals surface area (Å²) in [5, 5.41) is -0.155. The summed E-state index contributed by atoms with van der Waals surface area (Å²) in [6, 6.07) is 11.1. The standard InChI is InChI=1S/C23H20ClNO7S/c1-3-30-18-10-14(8-9-17(18)32-22(28)15-6-5-7-16(24)12-15)11-19-21(27)25(23(29)33-19)13-20(26)31-4-2/h5-12H,3-4,13H2,1-2H3/b19-11-. The highest BCUT2D eigenvalue weighted by molar-refractivity contribution is 8.18. The molecule has 1 saturated heterocycles. The van der Waals surface area contributed by atoms with Gasteiger partial charge in [0, 0.05) is 5.02 Å². The molecule has 2 amide bonds. The highest BCUT2D eigenvalue weighted by Crippen LogP contribution is 2.35. The molecule has 0 aliphatic carbocycles. The van der Waals surface area contributed by atoms with E-state index in [0.29, 0.717) is 17.2 Å². The second-order valence-corrected chi connectivity index (χ2v) is 8.04. The minimum absolute atomic E-state index is 0.149. The van der Waals surface area contributed by atoms with Crippen LogP contribution in [0, 0.1) is 0 Å². The summed E-state index contributed by atoms with van der Waals surface area (Å²) in [4.78, 5) is 49.8. The summed E-state index contributed by atoms with van der Waals surface area (Å²) < 4.78 is 15.8. The number of rotatable bonds is 8. The van der Waals surface area contributed by atoms with E-state index in [0.717, 1.165) is 16.7 Å². The maximum absolute atomic E-state index is 12.6. The minimum atomic E-state index is -0.662. The highest BCUT2D eigenvalue weighted by atomic mass is 35.5. The van der Waals surface area contributed by atoms with E-state index in [1.807, 2.05) is 0 Å². The van der Waals surface area contributed by atoms with Crippen LogP contribution in [0.25, 0.3) is 6.08 Å². The van der Waals surface area contributed by atoms with E-state index < -0.39 is 29.6 Å². The number of hydrogen-bond acceptors (Lipinski definition) is 8. The van der Waals surface area contributed by atoms with Gasteiger partial charge in [0.1, 0.15) is 6.54 Å². The van der Waals surface area contributed by atoms with Crippen molar-refractivity contribution in [1.29, 1.82) is 0 Å². The number of thioether (sulfide) groups is 1. The molecule has 0 saturated carbocycles. The normalized spacial score (nSPS) is 14.5. The van der Waals surface area contributed by atoms with E-state index in [1.54, 1.807) is 44.2 Å². The quantitative estimate of drug-likeness (QED) is 0.302. The Bertz CT molecular complexity index is 1130. The maximum atomic E-state index is 12.6. The van der Waals surface area contributed by atoms with Crippen molar-refractivity contribution in [2.45, 2.75) is 13.8 Å². The Kier molecular flexibility index (Phi) is 8.13. The number of nitrogens with zero attached hydrogens (tertiary/aromatic N) is 1. The number of benzene rings is 2. The van der Waals surface area contributed by atoms with Crippen LogP contribution in [0.3, 0.4) is 0 Å². The van der Waals surface area contributed by atoms with Crippen LogP contribution in [-0.2, 0) is 14.3 Å². The number of ether oxygens (including phenoxy) is 3. The van der Waals surface area contributed by atoms with Crippen molar-refractivity contribution in [3.63, 3.8) is 0 Å². The molecule has 3 rings (SSSR count). The van der Waals surface area contributed by atoms with Crippen LogP contribution in [0.1, 0.15) is 29.8 Å². The molecule has 1 aliphatic heterocycles. The molecular weight excluding hydrogens is 470 g/mol. The van der Waals surface area contributed by atoms with Gasteiger partial charge < -0.3 is 14.2 Å². The van der Waals surface area contributed by atoms with Gasteiger partial charge in [-0.2, -0.15) is 0 Å². The molecule has 172 valence electrons. The van der Waals surface area contributed by atoms with Gasteiger partial charge in [-0.15, -0.1) is 0 Å². The zero-order valence-electron chi connectivity index (χ0n) is 17.8. The van der Waals surface area contributed by atoms with Crippen molar-refractivity contribution in [2.75, 3.05) is 19.8 Å². The fourth-order valence-corrected chi connectivity index (χ4v) is 3.89. The summed E-state index contributed by atoms with van der Waals surface area (Å²) >= 11 is 6.65. The van der Waals surface area contributed by atoms with Crippen molar-refractivity contribution in [3.05, 3.63) is 63.5 Å². The number of esters is 2. The fraction of sp³-hybridized carbons (Fsp3) is 0.217. The van der Waals surface area contributed by atoms with Crippen molar-refractivity contribution < 1.29 is 33.4 Å². The number of hydrogen-bond donors (Lipinski definition) is 0. The predicted octanol–water partition coefficient (Wildman–Crippen LogP) is 4.56. The van der Waals surface area contributed by atoms with Crippen molar-refractivity contribution in [3.8, 4) is 11.5 Å². The van der Waals surface area contributed by atoms with Crippen LogP contribution >= 0.6 is 23.4 Å². The van der Waals surface area contributed by atoms with Crippen LogP contribution in [0.2, 0.25) is 5.02 Å². The van der Waals surface area contributed by atoms with E-state index in [1.165, 1.54) is 18.2 Å². The van der Waals surface area contributed by atoms with Gasteiger partial charge in [-0.25, -0.2) is 4.79 Å². The third-order valence-corrected chi connectivity index (χ3v) is 5.44. The third-order valence-electron chi connectivity index (χ3n) is 4.29. The molecule has 0 N–H and O–H groups in total. The van der Waals surface area contributed by atoms with Crippen molar-refractivity contribution in [1.82, 2.24) is 4.90 Å². The van der Waals surface area contributed by atoms with Crippen molar-refractivity contribution >= 4 is 52.5 Å². The van der Waals surface area contributed by atoms with Gasteiger partial charge in [-0.1, -0.05) is 23.7 Å². The molecule has 0 unspecified atom stereocenters. The minimum Gasteiger partial charge on any atom is -0.490 e. The van der Waals surface area contributed by atoms with Gasteiger partial charge in [0.2, 0.25) is 0 Å². The molecule has 1 fully saturated rings. The topological polar surface area (TPSA) is 99.2 Å². The summed E-state index contributed by atoms with van der Waals surface area (Å²) in [6.07, 6.45) is 1.50. The first-order valence-corrected chi connectivity index (χ1v) is 11.2. The van der Waals surface area contributed by atoms with Crippen LogP contribution in [0.4, 0.5) is 4.79 Å². The number of carbonyl (C=O) groups excluding carboxylic acids is 4. The molecule has 0 spiro atoms. The van der Waals surface area contributed by atoms with Crippen LogP contribution < -0.4 is 9.47 Å². The van der Waals surface area contributed by atoms with E-state index >= 15 is 0 Å². The number of carbonyl (C=O) groups is 4. The van der Waals surface area contributed by atoms with Gasteiger partial charge in [-0.05, 0) is 67.6 Å². The average molecular weight is 490 g/mol. The molecule has 0 aromatic heterocycles. The molecule has 2 aromatic carbocycles. The molecule has 2 aromatic rings. The fourth-order valence-electron chi connectivity index (χ4n) is 2.86. The molecule has 1 aliphatic rings. The predicted molar refractivity (Wildman–Crippen MR) is 123 cm³/mol. The highest BCUT2D eigenvalue weighted by Gasteiger charge is 2.36. The summed E-state index contributed by atoms with van der Waals surface area (Å²) in [7, 11) is 0. The zero-order valence-corrected chi connectivity index (χ0v) is 19.4. The molecule has 0 bridgehead atoms. The van der Waals surface area contributed by atoms with Crippen LogP contribution in [0.5, 0.6) is 11.5 Å². The van der Waals surface area contributed by atoms with Gasteiger partial charge in [0.15, 0.2) is 11.5 Å². The Morgan fingerprint density at radius 2 is 1.85 bits per heavy atom. The van der Waals surface area contributed by atoms with E-state index in [2.05, 4.69) is 0 Å².